The molecule has 0 unspecified atom stereocenters. The third kappa shape index (κ3) is 6.54. The standard InChI is InChI=1S/C27H22Cl2N2O2S/c28-25-9-4-10-26(29)24(25)17-34-18-27(32)31-30-15-19-11-13-22(14-12-19)33-16-21-7-3-6-20-5-1-2-8-23(20)21/h1-15H,16-18H2,(H,31,32)/b30-15-. The Balaban J connectivity index is 1.23. The third-order valence-electron chi connectivity index (χ3n) is 5.10. The number of ether oxygens (including phenoxy) is 1. The summed E-state index contributed by atoms with van der Waals surface area (Å²) in [5.74, 6) is 1.37. The van der Waals surface area contributed by atoms with Gasteiger partial charge >= 0.3 is 0 Å². The van der Waals surface area contributed by atoms with Crippen LogP contribution in [0.1, 0.15) is 16.7 Å². The fourth-order valence-corrected chi connectivity index (χ4v) is 4.91. The number of carbonyl (C=O) groups is 1. The fraction of sp³-hybridized carbons (Fsp3) is 0.111. The smallest absolute Gasteiger partial charge is 0.250 e. The molecule has 172 valence electrons. The van der Waals surface area contributed by atoms with Crippen LogP contribution in [0.4, 0.5) is 0 Å². The molecule has 0 bridgehead atoms. The van der Waals surface area contributed by atoms with E-state index in [9.17, 15) is 4.79 Å². The zero-order valence-electron chi connectivity index (χ0n) is 18.2. The van der Waals surface area contributed by atoms with E-state index in [2.05, 4.69) is 34.8 Å². The first-order valence-electron chi connectivity index (χ1n) is 10.6. The van der Waals surface area contributed by atoms with E-state index >= 15 is 0 Å². The van der Waals surface area contributed by atoms with Gasteiger partial charge in [-0.3, -0.25) is 4.79 Å². The molecule has 4 aromatic carbocycles. The average molecular weight is 509 g/mol. The van der Waals surface area contributed by atoms with Crippen molar-refractivity contribution in [3.8, 4) is 5.75 Å². The normalized spacial score (nSPS) is 11.1. The van der Waals surface area contributed by atoms with E-state index in [1.54, 1.807) is 24.4 Å². The van der Waals surface area contributed by atoms with Crippen LogP contribution in [0.5, 0.6) is 5.75 Å². The highest BCUT2D eigenvalue weighted by Gasteiger charge is 2.07. The molecule has 0 aromatic heterocycles. The monoisotopic (exact) mass is 508 g/mol. The van der Waals surface area contributed by atoms with Gasteiger partial charge in [0.15, 0.2) is 0 Å². The van der Waals surface area contributed by atoms with Gasteiger partial charge in [-0.1, -0.05) is 71.7 Å². The number of hydrogen-bond donors (Lipinski definition) is 1. The summed E-state index contributed by atoms with van der Waals surface area (Å²) in [6, 6.07) is 27.4. The van der Waals surface area contributed by atoms with Crippen molar-refractivity contribution < 1.29 is 9.53 Å². The quantitative estimate of drug-likeness (QED) is 0.193. The highest BCUT2D eigenvalue weighted by atomic mass is 35.5. The Morgan fingerprint density at radius 3 is 2.41 bits per heavy atom. The summed E-state index contributed by atoms with van der Waals surface area (Å²) < 4.78 is 5.96. The number of fused-ring (bicyclic) bond motifs is 1. The average Bonchev–Trinajstić information content (AvgIpc) is 2.85. The molecule has 0 radical (unpaired) electrons. The van der Waals surface area contributed by atoms with E-state index < -0.39 is 0 Å². The molecule has 4 nitrogen and oxygen atoms in total. The number of benzene rings is 4. The number of hydrogen-bond acceptors (Lipinski definition) is 4. The zero-order valence-corrected chi connectivity index (χ0v) is 20.5. The molecule has 0 heterocycles. The second-order valence-corrected chi connectivity index (χ2v) is 9.28. The second-order valence-electron chi connectivity index (χ2n) is 7.48. The van der Waals surface area contributed by atoms with E-state index in [-0.39, 0.29) is 11.7 Å². The van der Waals surface area contributed by atoms with Crippen LogP contribution in [0.2, 0.25) is 10.0 Å². The van der Waals surface area contributed by atoms with Gasteiger partial charge in [-0.15, -0.1) is 11.8 Å². The lowest BCUT2D eigenvalue weighted by molar-refractivity contribution is -0.118. The highest BCUT2D eigenvalue weighted by molar-refractivity contribution is 7.99. The number of rotatable bonds is 9. The summed E-state index contributed by atoms with van der Waals surface area (Å²) in [5, 5.41) is 7.62. The lowest BCUT2D eigenvalue weighted by Gasteiger charge is -2.09. The molecule has 1 N–H and O–H groups in total. The Bertz CT molecular complexity index is 1280. The number of carbonyl (C=O) groups excluding carboxylic acids is 1. The van der Waals surface area contributed by atoms with Gasteiger partial charge in [-0.05, 0) is 63.9 Å². The van der Waals surface area contributed by atoms with Crippen molar-refractivity contribution in [3.05, 3.63) is 112 Å². The molecule has 0 aliphatic rings. The SMILES string of the molecule is O=C(CSCc1c(Cl)cccc1Cl)N/N=C\c1ccc(OCc2cccc3ccccc23)cc1. The van der Waals surface area contributed by atoms with Crippen LogP contribution in [-0.4, -0.2) is 17.9 Å². The number of halogens is 2. The molecular formula is C27H22Cl2N2O2S. The minimum atomic E-state index is -0.195. The number of hydrazone groups is 1. The van der Waals surface area contributed by atoms with Crippen molar-refractivity contribution in [1.29, 1.82) is 0 Å². The number of nitrogens with zero attached hydrogens (tertiary/aromatic N) is 1. The van der Waals surface area contributed by atoms with Crippen LogP contribution in [0.15, 0.2) is 90.0 Å². The van der Waals surface area contributed by atoms with Crippen LogP contribution in [0.25, 0.3) is 10.8 Å². The topological polar surface area (TPSA) is 50.7 Å². The second kappa shape index (κ2) is 11.9. The summed E-state index contributed by atoms with van der Waals surface area (Å²) in [7, 11) is 0. The molecule has 4 rings (SSSR count). The van der Waals surface area contributed by atoms with Crippen LogP contribution in [0.3, 0.4) is 0 Å². The maximum absolute atomic E-state index is 12.0. The molecule has 34 heavy (non-hydrogen) atoms. The molecular weight excluding hydrogens is 487 g/mol. The Morgan fingerprint density at radius 2 is 1.62 bits per heavy atom. The van der Waals surface area contributed by atoms with Crippen LogP contribution >= 0.6 is 35.0 Å². The molecule has 0 spiro atoms. The van der Waals surface area contributed by atoms with E-state index in [0.717, 1.165) is 22.4 Å². The van der Waals surface area contributed by atoms with Gasteiger partial charge in [0.1, 0.15) is 12.4 Å². The summed E-state index contributed by atoms with van der Waals surface area (Å²) in [5.41, 5.74) is 5.36. The van der Waals surface area contributed by atoms with Crippen LogP contribution in [-0.2, 0) is 17.2 Å². The molecule has 0 saturated carbocycles. The lowest BCUT2D eigenvalue weighted by Crippen LogP contribution is -2.19. The first-order chi connectivity index (χ1) is 16.6. The van der Waals surface area contributed by atoms with E-state index in [0.29, 0.717) is 22.4 Å². The molecule has 4 aromatic rings. The van der Waals surface area contributed by atoms with Gasteiger partial charge < -0.3 is 4.74 Å². The van der Waals surface area contributed by atoms with E-state index in [4.69, 9.17) is 27.9 Å². The van der Waals surface area contributed by atoms with Crippen molar-refractivity contribution in [1.82, 2.24) is 5.43 Å². The Labute approximate surface area is 212 Å². The first-order valence-corrected chi connectivity index (χ1v) is 12.5. The zero-order chi connectivity index (χ0) is 23.8. The number of amides is 1. The van der Waals surface area contributed by atoms with Gasteiger partial charge in [-0.25, -0.2) is 5.43 Å². The molecule has 1 amide bonds. The molecule has 0 aliphatic carbocycles. The Morgan fingerprint density at radius 1 is 0.912 bits per heavy atom. The summed E-state index contributed by atoms with van der Waals surface area (Å²) in [6.07, 6.45) is 1.60. The molecule has 0 saturated heterocycles. The fourth-order valence-electron chi connectivity index (χ4n) is 3.36. The summed E-state index contributed by atoms with van der Waals surface area (Å²) in [4.78, 5) is 12.0. The van der Waals surface area contributed by atoms with Crippen molar-refractivity contribution in [2.24, 2.45) is 5.10 Å². The van der Waals surface area contributed by atoms with Crippen molar-refractivity contribution in [3.63, 3.8) is 0 Å². The highest BCUT2D eigenvalue weighted by Crippen LogP contribution is 2.28. The van der Waals surface area contributed by atoms with Gasteiger partial charge in [0.25, 0.3) is 0 Å². The third-order valence-corrected chi connectivity index (χ3v) is 6.77. The molecule has 0 atom stereocenters. The number of thioether (sulfide) groups is 1. The molecule has 0 aliphatic heterocycles. The van der Waals surface area contributed by atoms with E-state index in [1.807, 2.05) is 42.5 Å². The van der Waals surface area contributed by atoms with Crippen molar-refractivity contribution >= 4 is 57.9 Å². The summed E-state index contributed by atoms with van der Waals surface area (Å²) >= 11 is 13.7. The van der Waals surface area contributed by atoms with Gasteiger partial charge in [0.05, 0.1) is 12.0 Å². The minimum Gasteiger partial charge on any atom is -0.489 e. The lowest BCUT2D eigenvalue weighted by atomic mass is 10.1. The maximum Gasteiger partial charge on any atom is 0.250 e. The largest absolute Gasteiger partial charge is 0.489 e. The predicted molar refractivity (Wildman–Crippen MR) is 143 cm³/mol. The van der Waals surface area contributed by atoms with Crippen molar-refractivity contribution in [2.75, 3.05) is 5.75 Å². The van der Waals surface area contributed by atoms with Gasteiger partial charge in [0, 0.05) is 15.8 Å². The summed E-state index contributed by atoms with van der Waals surface area (Å²) in [6.45, 7) is 0.488. The Hall–Kier alpha value is -2.99. The first kappa shape index (κ1) is 24.1. The van der Waals surface area contributed by atoms with Crippen LogP contribution < -0.4 is 10.2 Å². The van der Waals surface area contributed by atoms with Crippen molar-refractivity contribution in [2.45, 2.75) is 12.4 Å². The molecule has 7 heteroatoms. The maximum atomic E-state index is 12.0. The minimum absolute atomic E-state index is 0.195. The van der Waals surface area contributed by atoms with Crippen LogP contribution in [0, 0.1) is 0 Å². The van der Waals surface area contributed by atoms with E-state index in [1.165, 1.54) is 22.5 Å². The Kier molecular flexibility index (Phi) is 8.47. The van der Waals surface area contributed by atoms with Gasteiger partial charge in [0.2, 0.25) is 5.91 Å². The predicted octanol–water partition coefficient (Wildman–Crippen LogP) is 7.11. The van der Waals surface area contributed by atoms with Gasteiger partial charge in [-0.2, -0.15) is 5.10 Å². The molecule has 0 fully saturated rings. The number of nitrogens with one attached hydrogen (secondary N) is 1.